The Balaban J connectivity index is 1.91. The summed E-state index contributed by atoms with van der Waals surface area (Å²) in [5.41, 5.74) is 1.18. The van der Waals surface area contributed by atoms with Crippen molar-refractivity contribution in [2.45, 2.75) is 31.2 Å². The average molecular weight is 388 g/mol. The second-order valence-corrected chi connectivity index (χ2v) is 7.93. The number of nitrogens with one attached hydrogen (secondary N) is 1. The summed E-state index contributed by atoms with van der Waals surface area (Å²) in [5, 5.41) is 3.92. The summed E-state index contributed by atoms with van der Waals surface area (Å²) in [6.07, 6.45) is 3.23. The third kappa shape index (κ3) is 4.32. The Morgan fingerprint density at radius 2 is 2.07 bits per heavy atom. The molecule has 1 N–H and O–H groups in total. The minimum absolute atomic E-state index is 0.0755. The molecule has 0 unspecified atom stereocenters. The number of hydrogen-bond donors (Lipinski definition) is 1. The molecule has 0 aliphatic rings. The van der Waals surface area contributed by atoms with Crippen molar-refractivity contribution in [2.75, 3.05) is 7.11 Å². The minimum atomic E-state index is -3.75. The second-order valence-electron chi connectivity index (χ2n) is 6.16. The summed E-state index contributed by atoms with van der Waals surface area (Å²) < 4.78 is 38.5. The first-order chi connectivity index (χ1) is 12.9. The molecule has 3 aromatic rings. The quantitative estimate of drug-likeness (QED) is 0.663. The average Bonchev–Trinajstić information content (AvgIpc) is 3.17. The molecule has 0 atom stereocenters. The van der Waals surface area contributed by atoms with E-state index in [1.165, 1.54) is 19.2 Å². The number of nitrogens with zero attached hydrogens (tertiary/aromatic N) is 3. The highest BCUT2D eigenvalue weighted by atomic mass is 32.2. The van der Waals surface area contributed by atoms with Crippen LogP contribution in [0.15, 0.2) is 52.1 Å². The van der Waals surface area contributed by atoms with Crippen LogP contribution in [-0.4, -0.2) is 30.7 Å². The molecular formula is C18H20N4O4S. The van der Waals surface area contributed by atoms with Crippen LogP contribution in [-0.2, 0) is 16.6 Å². The fraction of sp³-hybridized carbons (Fsp3) is 0.278. The van der Waals surface area contributed by atoms with E-state index < -0.39 is 10.0 Å². The van der Waals surface area contributed by atoms with Crippen molar-refractivity contribution < 1.29 is 17.7 Å². The third-order valence-corrected chi connectivity index (χ3v) is 5.26. The van der Waals surface area contributed by atoms with Crippen LogP contribution < -0.4 is 9.46 Å². The molecule has 0 fully saturated rings. The van der Waals surface area contributed by atoms with Gasteiger partial charge in [0.15, 0.2) is 5.82 Å². The predicted molar refractivity (Wildman–Crippen MR) is 98.6 cm³/mol. The number of benzene rings is 1. The Morgan fingerprint density at radius 3 is 2.70 bits per heavy atom. The van der Waals surface area contributed by atoms with Crippen LogP contribution in [0.5, 0.6) is 5.75 Å². The number of pyridine rings is 1. The van der Waals surface area contributed by atoms with Crippen molar-refractivity contribution in [3.05, 3.63) is 54.1 Å². The number of rotatable bonds is 7. The molecule has 0 spiro atoms. The highest BCUT2D eigenvalue weighted by Crippen LogP contribution is 2.31. The fourth-order valence-electron chi connectivity index (χ4n) is 2.36. The van der Waals surface area contributed by atoms with Crippen molar-refractivity contribution in [1.82, 2.24) is 19.8 Å². The molecule has 3 rings (SSSR count). The maximum Gasteiger partial charge on any atom is 0.261 e. The molecule has 9 heteroatoms. The van der Waals surface area contributed by atoms with Gasteiger partial charge < -0.3 is 9.26 Å². The van der Waals surface area contributed by atoms with Crippen molar-refractivity contribution in [2.24, 2.45) is 0 Å². The van der Waals surface area contributed by atoms with E-state index in [2.05, 4.69) is 19.8 Å². The van der Waals surface area contributed by atoms with E-state index in [4.69, 9.17) is 9.26 Å². The molecule has 0 bridgehead atoms. The summed E-state index contributed by atoms with van der Waals surface area (Å²) in [6.45, 7) is 4.01. The Morgan fingerprint density at radius 1 is 1.26 bits per heavy atom. The van der Waals surface area contributed by atoms with Gasteiger partial charge in [0, 0.05) is 24.9 Å². The summed E-state index contributed by atoms with van der Waals surface area (Å²) in [7, 11) is -2.25. The van der Waals surface area contributed by atoms with E-state index in [9.17, 15) is 8.42 Å². The van der Waals surface area contributed by atoms with Crippen LogP contribution in [0, 0.1) is 0 Å². The van der Waals surface area contributed by atoms with E-state index in [1.807, 2.05) is 13.8 Å². The zero-order valence-electron chi connectivity index (χ0n) is 15.2. The normalized spacial score (nSPS) is 11.7. The predicted octanol–water partition coefficient (Wildman–Crippen LogP) is 2.74. The number of hydrogen-bond acceptors (Lipinski definition) is 7. The van der Waals surface area contributed by atoms with Gasteiger partial charge in [0.2, 0.25) is 10.0 Å². The number of aromatic nitrogens is 3. The summed E-state index contributed by atoms with van der Waals surface area (Å²) >= 11 is 0. The molecular weight excluding hydrogens is 368 g/mol. The largest absolute Gasteiger partial charge is 0.496 e. The molecule has 0 saturated carbocycles. The minimum Gasteiger partial charge on any atom is -0.496 e. The molecule has 27 heavy (non-hydrogen) atoms. The van der Waals surface area contributed by atoms with Gasteiger partial charge in [-0.3, -0.25) is 4.98 Å². The van der Waals surface area contributed by atoms with Gasteiger partial charge in [0.25, 0.3) is 5.89 Å². The van der Waals surface area contributed by atoms with Gasteiger partial charge in [-0.15, -0.1) is 0 Å². The first-order valence-electron chi connectivity index (χ1n) is 8.31. The van der Waals surface area contributed by atoms with E-state index in [1.54, 1.807) is 30.6 Å². The standard InChI is InChI=1S/C18H20N4O4S/c1-12(2)17-21-18(26-22-17)15-9-14(6-7-16(15)25-3)27(23,24)20-11-13-5-4-8-19-10-13/h4-10,12,20H,11H2,1-3H3. The Bertz CT molecular complexity index is 1020. The lowest BCUT2D eigenvalue weighted by molar-refractivity contribution is 0.401. The van der Waals surface area contributed by atoms with E-state index >= 15 is 0 Å². The van der Waals surface area contributed by atoms with Gasteiger partial charge in [-0.2, -0.15) is 4.98 Å². The maximum atomic E-state index is 12.7. The molecule has 0 radical (unpaired) electrons. The second kappa shape index (κ2) is 7.85. The van der Waals surface area contributed by atoms with E-state index in [0.717, 1.165) is 5.56 Å². The van der Waals surface area contributed by atoms with Crippen LogP contribution in [0.1, 0.15) is 31.2 Å². The molecule has 0 aliphatic carbocycles. The fourth-order valence-corrected chi connectivity index (χ4v) is 3.41. The summed E-state index contributed by atoms with van der Waals surface area (Å²) in [6, 6.07) is 8.03. The van der Waals surface area contributed by atoms with Crippen molar-refractivity contribution in [3.63, 3.8) is 0 Å². The van der Waals surface area contributed by atoms with E-state index in [-0.39, 0.29) is 23.2 Å². The van der Waals surface area contributed by atoms with Crippen LogP contribution >= 0.6 is 0 Å². The number of methoxy groups -OCH3 is 1. The molecule has 2 heterocycles. The molecule has 1 aromatic carbocycles. The first-order valence-corrected chi connectivity index (χ1v) is 9.79. The SMILES string of the molecule is COc1ccc(S(=O)(=O)NCc2cccnc2)cc1-c1nc(C(C)C)no1. The van der Waals surface area contributed by atoms with Crippen molar-refractivity contribution >= 4 is 10.0 Å². The highest BCUT2D eigenvalue weighted by molar-refractivity contribution is 7.89. The number of sulfonamides is 1. The monoisotopic (exact) mass is 388 g/mol. The van der Waals surface area contributed by atoms with E-state index in [0.29, 0.717) is 17.1 Å². The van der Waals surface area contributed by atoms with Crippen LogP contribution in [0.4, 0.5) is 0 Å². The molecule has 8 nitrogen and oxygen atoms in total. The topological polar surface area (TPSA) is 107 Å². The molecule has 0 aliphatic heterocycles. The molecule has 2 aromatic heterocycles. The molecule has 0 saturated heterocycles. The Hall–Kier alpha value is -2.78. The first kappa shape index (κ1) is 19.0. The Labute approximate surface area is 157 Å². The van der Waals surface area contributed by atoms with Crippen LogP contribution in [0.2, 0.25) is 0 Å². The number of ether oxygens (including phenoxy) is 1. The zero-order valence-corrected chi connectivity index (χ0v) is 16.0. The van der Waals surface area contributed by atoms with Crippen molar-refractivity contribution in [1.29, 1.82) is 0 Å². The third-order valence-electron chi connectivity index (χ3n) is 3.86. The lowest BCUT2D eigenvalue weighted by Gasteiger charge is -2.10. The van der Waals surface area contributed by atoms with Gasteiger partial charge in [-0.25, -0.2) is 13.1 Å². The van der Waals surface area contributed by atoms with Crippen LogP contribution in [0.25, 0.3) is 11.5 Å². The van der Waals surface area contributed by atoms with Gasteiger partial charge in [-0.05, 0) is 29.8 Å². The zero-order chi connectivity index (χ0) is 19.4. The lowest BCUT2D eigenvalue weighted by atomic mass is 10.2. The lowest BCUT2D eigenvalue weighted by Crippen LogP contribution is -2.23. The van der Waals surface area contributed by atoms with Gasteiger partial charge >= 0.3 is 0 Å². The van der Waals surface area contributed by atoms with Gasteiger partial charge in [0.1, 0.15) is 5.75 Å². The smallest absolute Gasteiger partial charge is 0.261 e. The van der Waals surface area contributed by atoms with Gasteiger partial charge in [-0.1, -0.05) is 25.1 Å². The molecule has 142 valence electrons. The van der Waals surface area contributed by atoms with Crippen LogP contribution in [0.3, 0.4) is 0 Å². The summed E-state index contributed by atoms with van der Waals surface area (Å²) in [5.74, 6) is 1.27. The molecule has 0 amide bonds. The summed E-state index contributed by atoms with van der Waals surface area (Å²) in [4.78, 5) is 8.37. The highest BCUT2D eigenvalue weighted by Gasteiger charge is 2.21. The Kier molecular flexibility index (Phi) is 5.52. The van der Waals surface area contributed by atoms with Gasteiger partial charge in [0.05, 0.1) is 17.6 Å². The maximum absolute atomic E-state index is 12.7. The van der Waals surface area contributed by atoms with Crippen molar-refractivity contribution in [3.8, 4) is 17.2 Å².